The number of ether oxygens (including phenoxy) is 1. The van der Waals surface area contributed by atoms with Gasteiger partial charge < -0.3 is 14.7 Å². The number of carboxylic acid groups (broad SMARTS) is 1. The number of carbonyl (C=O) groups is 1. The van der Waals surface area contributed by atoms with Crippen LogP contribution in [0.15, 0.2) is 42.5 Å². The number of nitro groups is 1. The third-order valence-corrected chi connectivity index (χ3v) is 3.92. The number of nitro benzene ring substituents is 1. The zero-order valence-corrected chi connectivity index (χ0v) is 15.7. The number of anilines is 2. The van der Waals surface area contributed by atoms with Crippen LogP contribution in [-0.4, -0.2) is 36.8 Å². The highest BCUT2D eigenvalue weighted by Gasteiger charge is 2.22. The van der Waals surface area contributed by atoms with Crippen molar-refractivity contribution >= 4 is 23.2 Å². The number of rotatable bonds is 7. The lowest BCUT2D eigenvalue weighted by Gasteiger charge is -2.22. The molecule has 0 bridgehead atoms. The van der Waals surface area contributed by atoms with Crippen LogP contribution in [0.2, 0.25) is 0 Å². The Morgan fingerprint density at radius 2 is 1.85 bits per heavy atom. The van der Waals surface area contributed by atoms with E-state index in [1.165, 1.54) is 25.2 Å². The summed E-state index contributed by atoms with van der Waals surface area (Å²) >= 11 is 0. The highest BCUT2D eigenvalue weighted by atomic mass is 16.6. The van der Waals surface area contributed by atoms with Crippen LogP contribution in [-0.2, 0) is 0 Å². The molecule has 2 rings (SSSR count). The summed E-state index contributed by atoms with van der Waals surface area (Å²) in [6, 6.07) is 11.5. The molecule has 0 spiro atoms. The quantitative estimate of drug-likeness (QED) is 0.563. The first-order valence-corrected chi connectivity index (χ1v) is 8.43. The van der Waals surface area contributed by atoms with E-state index in [1.807, 2.05) is 25.2 Å². The second kappa shape index (κ2) is 8.39. The lowest BCUT2D eigenvalue weighted by atomic mass is 10.2. The van der Waals surface area contributed by atoms with Crippen molar-refractivity contribution in [1.82, 2.24) is 0 Å². The molecule has 0 radical (unpaired) electrons. The van der Waals surface area contributed by atoms with Gasteiger partial charge in [0.25, 0.3) is 5.69 Å². The van der Waals surface area contributed by atoms with E-state index in [1.54, 1.807) is 6.07 Å². The van der Waals surface area contributed by atoms with Gasteiger partial charge >= 0.3 is 6.09 Å². The van der Waals surface area contributed by atoms with Crippen LogP contribution >= 0.6 is 0 Å². The van der Waals surface area contributed by atoms with Crippen LogP contribution < -0.4 is 14.5 Å². The van der Waals surface area contributed by atoms with Gasteiger partial charge in [-0.3, -0.25) is 15.0 Å². The molecule has 0 heterocycles. The van der Waals surface area contributed by atoms with Crippen LogP contribution in [0.5, 0.6) is 11.5 Å². The average Bonchev–Trinajstić information content (AvgIpc) is 2.60. The van der Waals surface area contributed by atoms with Gasteiger partial charge in [-0.15, -0.1) is 0 Å². The maximum absolute atomic E-state index is 11.2. The SMILES string of the molecule is CC(C)CN(C)c1cccc(Oc2ccc([N+](=O)[O-])c(N(C)C(=O)O)c2)c1. The Kier molecular flexibility index (Phi) is 6.23. The van der Waals surface area contributed by atoms with Gasteiger partial charge in [0.1, 0.15) is 17.2 Å². The van der Waals surface area contributed by atoms with Crippen LogP contribution in [0.3, 0.4) is 0 Å². The van der Waals surface area contributed by atoms with E-state index >= 15 is 0 Å². The van der Waals surface area contributed by atoms with E-state index in [2.05, 4.69) is 18.7 Å². The Hall–Kier alpha value is -3.29. The molecule has 8 nitrogen and oxygen atoms in total. The summed E-state index contributed by atoms with van der Waals surface area (Å²) in [7, 11) is 3.24. The highest BCUT2D eigenvalue weighted by molar-refractivity contribution is 5.89. The summed E-state index contributed by atoms with van der Waals surface area (Å²) < 4.78 is 5.81. The van der Waals surface area contributed by atoms with E-state index < -0.39 is 11.0 Å². The fraction of sp³-hybridized carbons (Fsp3) is 0.316. The summed E-state index contributed by atoms with van der Waals surface area (Å²) in [5.41, 5.74) is 0.613. The molecule has 0 saturated carbocycles. The van der Waals surface area contributed by atoms with Gasteiger partial charge in [-0.2, -0.15) is 0 Å². The number of hydrogen-bond acceptors (Lipinski definition) is 5. The van der Waals surface area contributed by atoms with Crippen molar-refractivity contribution in [2.45, 2.75) is 13.8 Å². The first-order valence-electron chi connectivity index (χ1n) is 8.43. The minimum Gasteiger partial charge on any atom is -0.465 e. The van der Waals surface area contributed by atoms with E-state index in [-0.39, 0.29) is 11.4 Å². The van der Waals surface area contributed by atoms with Gasteiger partial charge in [-0.05, 0) is 24.1 Å². The fourth-order valence-corrected chi connectivity index (χ4v) is 2.67. The fourth-order valence-electron chi connectivity index (χ4n) is 2.67. The molecule has 0 saturated heterocycles. The lowest BCUT2D eigenvalue weighted by molar-refractivity contribution is -0.384. The molecule has 0 unspecified atom stereocenters. The molecule has 0 aliphatic heterocycles. The van der Waals surface area contributed by atoms with Gasteiger partial charge in [0.05, 0.1) is 4.92 Å². The maximum atomic E-state index is 11.2. The topological polar surface area (TPSA) is 96.2 Å². The minimum absolute atomic E-state index is 0.0573. The Bertz CT molecular complexity index is 838. The van der Waals surface area contributed by atoms with Crippen molar-refractivity contribution in [2.75, 3.05) is 30.4 Å². The molecular formula is C19H23N3O5. The molecule has 1 N–H and O–H groups in total. The first kappa shape index (κ1) is 20.0. The van der Waals surface area contributed by atoms with Gasteiger partial charge in [-0.25, -0.2) is 4.79 Å². The molecule has 27 heavy (non-hydrogen) atoms. The zero-order chi connectivity index (χ0) is 20.1. The van der Waals surface area contributed by atoms with Crippen molar-refractivity contribution in [3.63, 3.8) is 0 Å². The van der Waals surface area contributed by atoms with Crippen molar-refractivity contribution in [1.29, 1.82) is 0 Å². The molecule has 0 aliphatic carbocycles. The molecular weight excluding hydrogens is 350 g/mol. The third kappa shape index (κ3) is 5.10. The monoisotopic (exact) mass is 373 g/mol. The number of nitrogens with zero attached hydrogens (tertiary/aromatic N) is 3. The van der Waals surface area contributed by atoms with E-state index in [0.717, 1.165) is 17.1 Å². The second-order valence-corrected chi connectivity index (χ2v) is 6.62. The summed E-state index contributed by atoms with van der Waals surface area (Å²) in [6.45, 7) is 5.15. The van der Waals surface area contributed by atoms with Crippen LogP contribution in [0, 0.1) is 16.0 Å². The zero-order valence-electron chi connectivity index (χ0n) is 15.7. The Morgan fingerprint density at radius 1 is 1.19 bits per heavy atom. The largest absolute Gasteiger partial charge is 0.465 e. The molecule has 0 atom stereocenters. The summed E-state index contributed by atoms with van der Waals surface area (Å²) in [6.07, 6.45) is -1.30. The van der Waals surface area contributed by atoms with E-state index in [4.69, 9.17) is 9.84 Å². The van der Waals surface area contributed by atoms with Gasteiger partial charge in [0, 0.05) is 44.5 Å². The van der Waals surface area contributed by atoms with Gasteiger partial charge in [0.2, 0.25) is 0 Å². The summed E-state index contributed by atoms with van der Waals surface area (Å²) in [5.74, 6) is 1.37. The smallest absolute Gasteiger partial charge is 0.411 e. The number of amides is 1. The molecule has 0 fully saturated rings. The molecule has 1 amide bonds. The Labute approximate surface area is 157 Å². The van der Waals surface area contributed by atoms with Gasteiger partial charge in [-0.1, -0.05) is 19.9 Å². The molecule has 2 aromatic rings. The Balaban J connectivity index is 2.31. The third-order valence-electron chi connectivity index (χ3n) is 3.92. The van der Waals surface area contributed by atoms with Crippen LogP contribution in [0.1, 0.15) is 13.8 Å². The molecule has 0 aliphatic rings. The Morgan fingerprint density at radius 3 is 2.44 bits per heavy atom. The van der Waals surface area contributed by atoms with Crippen molar-refractivity contribution < 1.29 is 19.6 Å². The standard InChI is InChI=1S/C19H23N3O5/c1-13(2)12-20(3)14-6-5-7-15(10-14)27-16-8-9-17(22(25)26)18(11-16)21(4)19(23)24/h5-11,13H,12H2,1-4H3,(H,23,24). The normalized spacial score (nSPS) is 10.6. The van der Waals surface area contributed by atoms with Crippen LogP contribution in [0.4, 0.5) is 21.9 Å². The molecule has 0 aromatic heterocycles. The maximum Gasteiger partial charge on any atom is 0.411 e. The second-order valence-electron chi connectivity index (χ2n) is 6.62. The number of benzene rings is 2. The first-order chi connectivity index (χ1) is 12.7. The van der Waals surface area contributed by atoms with E-state index in [9.17, 15) is 14.9 Å². The van der Waals surface area contributed by atoms with Crippen molar-refractivity contribution in [3.05, 3.63) is 52.6 Å². The molecule has 2 aromatic carbocycles. The molecule has 8 heteroatoms. The van der Waals surface area contributed by atoms with Crippen molar-refractivity contribution in [3.8, 4) is 11.5 Å². The predicted molar refractivity (Wildman–Crippen MR) is 104 cm³/mol. The predicted octanol–water partition coefficient (Wildman–Crippen LogP) is 4.59. The van der Waals surface area contributed by atoms with Crippen molar-refractivity contribution in [2.24, 2.45) is 5.92 Å². The highest BCUT2D eigenvalue weighted by Crippen LogP contribution is 2.34. The summed E-state index contributed by atoms with van der Waals surface area (Å²) in [5, 5.41) is 20.3. The summed E-state index contributed by atoms with van der Waals surface area (Å²) in [4.78, 5) is 24.6. The molecule has 144 valence electrons. The minimum atomic E-state index is -1.30. The average molecular weight is 373 g/mol. The van der Waals surface area contributed by atoms with Crippen LogP contribution in [0.25, 0.3) is 0 Å². The van der Waals surface area contributed by atoms with Gasteiger partial charge in [0.15, 0.2) is 0 Å². The van der Waals surface area contributed by atoms with E-state index in [0.29, 0.717) is 17.4 Å². The lowest BCUT2D eigenvalue weighted by Crippen LogP contribution is -2.24. The number of hydrogen-bond donors (Lipinski definition) is 1.